The number of sulfonamides is 1. The molecule has 1 amide bonds. The number of carbonyl (C=O) groups is 1. The molecular weight excluding hydrogens is 402 g/mol. The molecule has 0 aliphatic heterocycles. The number of rotatable bonds is 11. The van der Waals surface area contributed by atoms with E-state index in [9.17, 15) is 13.2 Å². The highest BCUT2D eigenvalue weighted by Crippen LogP contribution is 2.19. The number of hydrogen-bond donors (Lipinski definition) is 2. The van der Waals surface area contributed by atoms with E-state index in [1.165, 1.54) is 23.9 Å². The Morgan fingerprint density at radius 2 is 2.04 bits per heavy atom. The van der Waals surface area contributed by atoms with Crippen molar-refractivity contribution in [3.8, 4) is 0 Å². The Kier molecular flexibility index (Phi) is 8.18. The fourth-order valence-electron chi connectivity index (χ4n) is 2.29. The zero-order valence-corrected chi connectivity index (χ0v) is 17.3. The first-order valence-electron chi connectivity index (χ1n) is 8.45. The van der Waals surface area contributed by atoms with Crippen molar-refractivity contribution in [2.75, 3.05) is 24.7 Å². The van der Waals surface area contributed by atoms with Crippen LogP contribution in [0, 0.1) is 0 Å². The van der Waals surface area contributed by atoms with Crippen LogP contribution in [0.5, 0.6) is 0 Å². The predicted octanol–water partition coefficient (Wildman–Crippen LogP) is 1.64. The second kappa shape index (κ2) is 10.4. The molecule has 11 heteroatoms. The summed E-state index contributed by atoms with van der Waals surface area (Å²) in [6.45, 7) is 6.55. The first kappa shape index (κ1) is 22.1. The Bertz CT molecular complexity index is 910. The number of allylic oxidation sites excluding steroid dienone is 1. The summed E-state index contributed by atoms with van der Waals surface area (Å²) < 4.78 is 33.2. The van der Waals surface area contributed by atoms with Crippen molar-refractivity contribution in [2.45, 2.75) is 30.1 Å². The summed E-state index contributed by atoms with van der Waals surface area (Å²) in [6.07, 6.45) is 1.72. The third kappa shape index (κ3) is 5.89. The molecule has 0 atom stereocenters. The number of carbonyl (C=O) groups excluding carboxylic acids is 1. The van der Waals surface area contributed by atoms with E-state index in [2.05, 4.69) is 26.8 Å². The summed E-state index contributed by atoms with van der Waals surface area (Å²) in [5.74, 6) is 0.538. The van der Waals surface area contributed by atoms with Gasteiger partial charge in [0.25, 0.3) is 0 Å². The lowest BCUT2D eigenvalue weighted by atomic mass is 10.3. The van der Waals surface area contributed by atoms with Gasteiger partial charge in [0.05, 0.1) is 10.6 Å². The lowest BCUT2D eigenvalue weighted by Gasteiger charge is -2.08. The molecule has 28 heavy (non-hydrogen) atoms. The third-order valence-corrected chi connectivity index (χ3v) is 6.02. The van der Waals surface area contributed by atoms with Gasteiger partial charge in [-0.25, -0.2) is 13.1 Å². The molecule has 1 heterocycles. The molecule has 0 saturated carbocycles. The molecule has 0 unspecified atom stereocenters. The van der Waals surface area contributed by atoms with Gasteiger partial charge in [-0.1, -0.05) is 24.8 Å². The van der Waals surface area contributed by atoms with Crippen molar-refractivity contribution < 1.29 is 17.9 Å². The number of anilines is 1. The molecule has 0 spiro atoms. The van der Waals surface area contributed by atoms with Crippen molar-refractivity contribution in [2.24, 2.45) is 0 Å². The van der Waals surface area contributed by atoms with Gasteiger partial charge >= 0.3 is 0 Å². The summed E-state index contributed by atoms with van der Waals surface area (Å²) in [5.41, 5.74) is 0.508. The summed E-state index contributed by atoms with van der Waals surface area (Å²) in [7, 11) is -1.95. The average molecular weight is 426 g/mol. The van der Waals surface area contributed by atoms with E-state index in [0.29, 0.717) is 36.4 Å². The van der Waals surface area contributed by atoms with Crippen LogP contribution in [0.2, 0.25) is 0 Å². The largest absolute Gasteiger partial charge is 0.377 e. The van der Waals surface area contributed by atoms with Gasteiger partial charge in [0, 0.05) is 25.9 Å². The lowest BCUT2D eigenvalue weighted by molar-refractivity contribution is -0.113. The number of thioether (sulfide) groups is 1. The molecule has 2 N–H and O–H groups in total. The molecule has 0 bridgehead atoms. The summed E-state index contributed by atoms with van der Waals surface area (Å²) >= 11 is 1.24. The number of benzene rings is 1. The Hall–Kier alpha value is -2.21. The molecular formula is C17H23N5O4S2. The smallest absolute Gasteiger partial charge is 0.240 e. The topological polar surface area (TPSA) is 115 Å². The maximum absolute atomic E-state index is 12.2. The highest BCUT2D eigenvalue weighted by atomic mass is 32.2. The Balaban J connectivity index is 1.97. The molecule has 2 rings (SSSR count). The van der Waals surface area contributed by atoms with E-state index in [-0.39, 0.29) is 16.6 Å². The van der Waals surface area contributed by atoms with Crippen molar-refractivity contribution in [1.82, 2.24) is 19.5 Å². The monoisotopic (exact) mass is 425 g/mol. The fraction of sp³-hybridized carbons (Fsp3) is 0.353. The highest BCUT2D eigenvalue weighted by Gasteiger charge is 2.15. The van der Waals surface area contributed by atoms with E-state index in [0.717, 1.165) is 0 Å². The number of nitrogens with one attached hydrogen (secondary N) is 2. The molecule has 2 aromatic rings. The van der Waals surface area contributed by atoms with Crippen LogP contribution in [0.15, 0.2) is 47.0 Å². The molecule has 9 nitrogen and oxygen atoms in total. The maximum Gasteiger partial charge on any atom is 0.240 e. The summed E-state index contributed by atoms with van der Waals surface area (Å²) in [5, 5.41) is 11.5. The van der Waals surface area contributed by atoms with E-state index in [1.807, 2.05) is 4.57 Å². The number of aromatic nitrogens is 3. The maximum atomic E-state index is 12.2. The first-order chi connectivity index (χ1) is 13.4. The molecule has 1 aromatic carbocycles. The van der Waals surface area contributed by atoms with Crippen LogP contribution in [-0.2, 0) is 32.7 Å². The SMILES string of the molecule is C=CCn1c(COC)nnc1SCC(=O)Nc1ccc(S(=O)(=O)NCC)cc1. The first-order valence-corrected chi connectivity index (χ1v) is 10.9. The van der Waals surface area contributed by atoms with E-state index in [1.54, 1.807) is 32.2 Å². The number of hydrogen-bond acceptors (Lipinski definition) is 7. The van der Waals surface area contributed by atoms with Crippen molar-refractivity contribution in [1.29, 1.82) is 0 Å². The van der Waals surface area contributed by atoms with Crippen LogP contribution in [-0.4, -0.2) is 48.5 Å². The van der Waals surface area contributed by atoms with E-state index in [4.69, 9.17) is 4.74 Å². The van der Waals surface area contributed by atoms with Crippen molar-refractivity contribution in [3.63, 3.8) is 0 Å². The van der Waals surface area contributed by atoms with Crippen LogP contribution in [0.25, 0.3) is 0 Å². The predicted molar refractivity (Wildman–Crippen MR) is 108 cm³/mol. The fourth-order valence-corrected chi connectivity index (χ4v) is 4.10. The highest BCUT2D eigenvalue weighted by molar-refractivity contribution is 7.99. The van der Waals surface area contributed by atoms with Gasteiger partial charge in [-0.2, -0.15) is 0 Å². The molecule has 1 aromatic heterocycles. The van der Waals surface area contributed by atoms with Gasteiger partial charge in [-0.05, 0) is 24.3 Å². The number of nitrogens with zero attached hydrogens (tertiary/aromatic N) is 3. The molecule has 0 fully saturated rings. The van der Waals surface area contributed by atoms with Gasteiger partial charge in [-0.3, -0.25) is 4.79 Å². The number of amides is 1. The van der Waals surface area contributed by atoms with Gasteiger partial charge < -0.3 is 14.6 Å². The molecule has 0 aliphatic carbocycles. The van der Waals surface area contributed by atoms with Gasteiger partial charge in [-0.15, -0.1) is 16.8 Å². The standard InChI is InChI=1S/C17H23N5O4S2/c1-4-10-22-15(11-26-3)20-21-17(22)27-12-16(23)19-13-6-8-14(9-7-13)28(24,25)18-5-2/h4,6-9,18H,1,5,10-12H2,2-3H3,(H,19,23). The molecule has 0 aliphatic rings. The summed E-state index contributed by atoms with van der Waals surface area (Å²) in [6, 6.07) is 5.98. The molecule has 0 radical (unpaired) electrons. The number of methoxy groups -OCH3 is 1. The van der Waals surface area contributed by atoms with Crippen molar-refractivity contribution in [3.05, 3.63) is 42.7 Å². The van der Waals surface area contributed by atoms with Crippen LogP contribution < -0.4 is 10.0 Å². The Morgan fingerprint density at radius 1 is 1.32 bits per heavy atom. The quantitative estimate of drug-likeness (QED) is 0.415. The lowest BCUT2D eigenvalue weighted by Crippen LogP contribution is -2.23. The summed E-state index contributed by atoms with van der Waals surface area (Å²) in [4.78, 5) is 12.4. The van der Waals surface area contributed by atoms with Crippen LogP contribution >= 0.6 is 11.8 Å². The van der Waals surface area contributed by atoms with Gasteiger partial charge in [0.15, 0.2) is 11.0 Å². The zero-order chi connectivity index (χ0) is 20.6. The zero-order valence-electron chi connectivity index (χ0n) is 15.7. The van der Waals surface area contributed by atoms with Gasteiger partial charge in [0.1, 0.15) is 6.61 Å². The van der Waals surface area contributed by atoms with Crippen LogP contribution in [0.4, 0.5) is 5.69 Å². The van der Waals surface area contributed by atoms with E-state index >= 15 is 0 Å². The van der Waals surface area contributed by atoms with Crippen LogP contribution in [0.3, 0.4) is 0 Å². The normalized spacial score (nSPS) is 11.4. The van der Waals surface area contributed by atoms with Crippen LogP contribution in [0.1, 0.15) is 12.7 Å². The number of ether oxygens (including phenoxy) is 1. The Labute approximate surface area is 168 Å². The second-order valence-corrected chi connectivity index (χ2v) is 8.30. The minimum absolute atomic E-state index is 0.125. The third-order valence-electron chi connectivity index (χ3n) is 3.49. The minimum Gasteiger partial charge on any atom is -0.377 e. The second-order valence-electron chi connectivity index (χ2n) is 5.59. The van der Waals surface area contributed by atoms with E-state index < -0.39 is 10.0 Å². The average Bonchev–Trinajstić information content (AvgIpc) is 3.03. The van der Waals surface area contributed by atoms with Crippen molar-refractivity contribution >= 4 is 33.4 Å². The van der Waals surface area contributed by atoms with Gasteiger partial charge in [0.2, 0.25) is 15.9 Å². The Morgan fingerprint density at radius 3 is 2.64 bits per heavy atom. The molecule has 152 valence electrons. The minimum atomic E-state index is -3.52. The molecule has 0 saturated heterocycles.